The van der Waals surface area contributed by atoms with Crippen molar-refractivity contribution in [3.05, 3.63) is 11.1 Å². The number of nitrogens with zero attached hydrogens (tertiary/aromatic N) is 2. The number of aliphatic carboxylic acids is 1. The summed E-state index contributed by atoms with van der Waals surface area (Å²) in [6.45, 7) is 2.35. The van der Waals surface area contributed by atoms with Crippen molar-refractivity contribution < 1.29 is 9.90 Å². The largest absolute Gasteiger partial charge is 0.480 e. The lowest BCUT2D eigenvalue weighted by molar-refractivity contribution is -0.138. The van der Waals surface area contributed by atoms with Crippen LogP contribution in [-0.2, 0) is 4.79 Å². The zero-order valence-corrected chi connectivity index (χ0v) is 11.4. The molecule has 104 valence electrons. The van der Waals surface area contributed by atoms with E-state index in [1.165, 1.54) is 30.7 Å². The SMILES string of the molecule is NC(C(=O)O)c1csc(NC2CCN3CCCC23)n1. The van der Waals surface area contributed by atoms with Crippen molar-refractivity contribution in [3.63, 3.8) is 0 Å². The number of rotatable bonds is 4. The van der Waals surface area contributed by atoms with Gasteiger partial charge in [-0.05, 0) is 25.8 Å². The Morgan fingerprint density at radius 2 is 2.42 bits per heavy atom. The molecule has 0 radical (unpaired) electrons. The molecule has 0 saturated carbocycles. The zero-order chi connectivity index (χ0) is 13.4. The molecule has 3 heterocycles. The number of fused-ring (bicyclic) bond motifs is 1. The van der Waals surface area contributed by atoms with Crippen molar-refractivity contribution in [2.45, 2.75) is 37.4 Å². The topological polar surface area (TPSA) is 91.5 Å². The molecular formula is C12H18N4O2S. The first-order valence-corrected chi connectivity index (χ1v) is 7.47. The lowest BCUT2D eigenvalue weighted by Crippen LogP contribution is -2.33. The third-order valence-electron chi connectivity index (χ3n) is 4.02. The van der Waals surface area contributed by atoms with Gasteiger partial charge in [-0.15, -0.1) is 11.3 Å². The molecule has 3 atom stereocenters. The van der Waals surface area contributed by atoms with Crippen LogP contribution >= 0.6 is 11.3 Å². The van der Waals surface area contributed by atoms with Crippen LogP contribution in [0, 0.1) is 0 Å². The van der Waals surface area contributed by atoms with E-state index in [-0.39, 0.29) is 0 Å². The quantitative estimate of drug-likeness (QED) is 0.759. The summed E-state index contributed by atoms with van der Waals surface area (Å²) in [5, 5.41) is 14.8. The van der Waals surface area contributed by atoms with Crippen LogP contribution in [0.25, 0.3) is 0 Å². The number of carboxylic acids is 1. The number of thiazole rings is 1. The Balaban J connectivity index is 1.66. The minimum Gasteiger partial charge on any atom is -0.480 e. The first-order chi connectivity index (χ1) is 9.15. The fourth-order valence-electron chi connectivity index (χ4n) is 3.03. The van der Waals surface area contributed by atoms with E-state index in [2.05, 4.69) is 15.2 Å². The number of nitrogens with one attached hydrogen (secondary N) is 1. The second kappa shape index (κ2) is 5.07. The van der Waals surface area contributed by atoms with Crippen LogP contribution < -0.4 is 11.1 Å². The van der Waals surface area contributed by atoms with Gasteiger partial charge >= 0.3 is 5.97 Å². The number of hydrogen-bond donors (Lipinski definition) is 3. The van der Waals surface area contributed by atoms with Gasteiger partial charge in [-0.1, -0.05) is 0 Å². The van der Waals surface area contributed by atoms with Crippen LogP contribution in [0.15, 0.2) is 5.38 Å². The second-order valence-electron chi connectivity index (χ2n) is 5.18. The fourth-order valence-corrected chi connectivity index (χ4v) is 3.84. The molecule has 19 heavy (non-hydrogen) atoms. The molecular weight excluding hydrogens is 264 g/mol. The molecule has 4 N–H and O–H groups in total. The maximum Gasteiger partial charge on any atom is 0.326 e. The van der Waals surface area contributed by atoms with Gasteiger partial charge in [-0.25, -0.2) is 4.98 Å². The molecule has 6 nitrogen and oxygen atoms in total. The molecule has 1 aromatic rings. The smallest absolute Gasteiger partial charge is 0.326 e. The van der Waals surface area contributed by atoms with E-state index in [1.54, 1.807) is 5.38 Å². The van der Waals surface area contributed by atoms with E-state index in [9.17, 15) is 4.79 Å². The molecule has 3 rings (SSSR count). The minimum absolute atomic E-state index is 0.432. The van der Waals surface area contributed by atoms with Crippen LogP contribution in [0.3, 0.4) is 0 Å². The summed E-state index contributed by atoms with van der Waals surface area (Å²) < 4.78 is 0. The van der Waals surface area contributed by atoms with Crippen LogP contribution in [0.5, 0.6) is 0 Å². The molecule has 0 spiro atoms. The van der Waals surface area contributed by atoms with Crippen LogP contribution in [0.2, 0.25) is 0 Å². The van der Waals surface area contributed by atoms with Gasteiger partial charge < -0.3 is 16.2 Å². The lowest BCUT2D eigenvalue weighted by Gasteiger charge is -2.20. The van der Waals surface area contributed by atoms with Crippen molar-refractivity contribution in [3.8, 4) is 0 Å². The molecule has 0 aliphatic carbocycles. The first-order valence-electron chi connectivity index (χ1n) is 6.59. The molecule has 2 fully saturated rings. The van der Waals surface area contributed by atoms with Gasteiger partial charge in [0.2, 0.25) is 0 Å². The third kappa shape index (κ3) is 2.45. The van der Waals surface area contributed by atoms with Crippen molar-refractivity contribution in [2.75, 3.05) is 18.4 Å². The van der Waals surface area contributed by atoms with E-state index in [4.69, 9.17) is 10.8 Å². The van der Waals surface area contributed by atoms with Gasteiger partial charge in [-0.2, -0.15) is 0 Å². The average Bonchev–Trinajstić information content (AvgIpc) is 3.06. The molecule has 2 aliphatic heterocycles. The monoisotopic (exact) mass is 282 g/mol. The molecule has 1 aromatic heterocycles. The standard InChI is InChI=1S/C12H18N4O2S/c13-10(11(17)18)8-6-19-12(15-8)14-7-3-5-16-4-1-2-9(7)16/h6-7,9-10H,1-5,13H2,(H,14,15)(H,17,18). The summed E-state index contributed by atoms with van der Waals surface area (Å²) >= 11 is 1.43. The van der Waals surface area contributed by atoms with E-state index in [1.807, 2.05) is 0 Å². The first kappa shape index (κ1) is 12.8. The summed E-state index contributed by atoms with van der Waals surface area (Å²) in [5.41, 5.74) is 5.99. The van der Waals surface area contributed by atoms with Crippen LogP contribution in [-0.4, -0.2) is 46.1 Å². The number of aromatic nitrogens is 1. The Labute approximate surface area is 115 Å². The normalized spacial score (nSPS) is 28.3. The van der Waals surface area contributed by atoms with E-state index < -0.39 is 12.0 Å². The van der Waals surface area contributed by atoms with Crippen molar-refractivity contribution in [2.24, 2.45) is 5.73 Å². The Morgan fingerprint density at radius 1 is 1.58 bits per heavy atom. The minimum atomic E-state index is -1.04. The Bertz CT molecular complexity index is 478. The molecule has 0 bridgehead atoms. The highest BCUT2D eigenvalue weighted by Gasteiger charge is 2.37. The molecule has 2 saturated heterocycles. The highest BCUT2D eigenvalue weighted by molar-refractivity contribution is 7.13. The fraction of sp³-hybridized carbons (Fsp3) is 0.667. The summed E-state index contributed by atoms with van der Waals surface area (Å²) in [6, 6.07) is 0.0152. The lowest BCUT2D eigenvalue weighted by atomic mass is 10.1. The van der Waals surface area contributed by atoms with E-state index in [0.29, 0.717) is 17.8 Å². The van der Waals surface area contributed by atoms with Crippen molar-refractivity contribution in [1.82, 2.24) is 9.88 Å². The average molecular weight is 282 g/mol. The van der Waals surface area contributed by atoms with Crippen LogP contribution in [0.4, 0.5) is 5.13 Å². The molecule has 0 aromatic carbocycles. The maximum atomic E-state index is 10.8. The summed E-state index contributed by atoms with van der Waals surface area (Å²) in [5.74, 6) is -1.04. The molecule has 0 amide bonds. The van der Waals surface area contributed by atoms with Gasteiger partial charge in [-0.3, -0.25) is 9.69 Å². The molecule has 7 heteroatoms. The Morgan fingerprint density at radius 3 is 3.21 bits per heavy atom. The zero-order valence-electron chi connectivity index (χ0n) is 10.6. The highest BCUT2D eigenvalue weighted by atomic mass is 32.1. The van der Waals surface area contributed by atoms with Gasteiger partial charge in [0.25, 0.3) is 0 Å². The predicted molar refractivity (Wildman–Crippen MR) is 73.3 cm³/mol. The number of nitrogens with two attached hydrogens (primary N) is 1. The molecule has 2 aliphatic rings. The third-order valence-corrected chi connectivity index (χ3v) is 4.81. The van der Waals surface area contributed by atoms with Gasteiger partial charge in [0.1, 0.15) is 6.04 Å². The summed E-state index contributed by atoms with van der Waals surface area (Å²) in [7, 11) is 0. The maximum absolute atomic E-state index is 10.8. The van der Waals surface area contributed by atoms with Gasteiger partial charge in [0.05, 0.1) is 5.69 Å². The summed E-state index contributed by atoms with van der Waals surface area (Å²) in [4.78, 5) is 17.6. The number of carboxylic acid groups (broad SMARTS) is 1. The van der Waals surface area contributed by atoms with Crippen molar-refractivity contribution >= 4 is 22.4 Å². The van der Waals surface area contributed by atoms with Gasteiger partial charge in [0, 0.05) is 24.0 Å². The summed E-state index contributed by atoms with van der Waals surface area (Å²) in [6.07, 6.45) is 3.64. The molecule has 3 unspecified atom stereocenters. The Kier molecular flexibility index (Phi) is 3.42. The number of carbonyl (C=O) groups is 1. The van der Waals surface area contributed by atoms with E-state index in [0.717, 1.165) is 18.1 Å². The Hall–Kier alpha value is -1.18. The number of hydrogen-bond acceptors (Lipinski definition) is 6. The predicted octanol–water partition coefficient (Wildman–Crippen LogP) is 0.876. The van der Waals surface area contributed by atoms with Gasteiger partial charge in [0.15, 0.2) is 5.13 Å². The second-order valence-corrected chi connectivity index (χ2v) is 6.04. The van der Waals surface area contributed by atoms with E-state index >= 15 is 0 Å². The highest BCUT2D eigenvalue weighted by Crippen LogP contribution is 2.31. The van der Waals surface area contributed by atoms with Crippen molar-refractivity contribution in [1.29, 1.82) is 0 Å². The van der Waals surface area contributed by atoms with Crippen LogP contribution in [0.1, 0.15) is 31.0 Å². The number of anilines is 1.